The molecule has 0 radical (unpaired) electrons. The summed E-state index contributed by atoms with van der Waals surface area (Å²) in [6.07, 6.45) is -0.396. The van der Waals surface area contributed by atoms with E-state index in [4.69, 9.17) is 9.47 Å². The van der Waals surface area contributed by atoms with E-state index in [1.165, 1.54) is 19.2 Å². The lowest BCUT2D eigenvalue weighted by molar-refractivity contribution is 0.0240. The van der Waals surface area contributed by atoms with Gasteiger partial charge in [-0.1, -0.05) is 0 Å². The smallest absolute Gasteiger partial charge is 0.410 e. The predicted octanol–water partition coefficient (Wildman–Crippen LogP) is 2.15. The summed E-state index contributed by atoms with van der Waals surface area (Å²) in [6.45, 7) is 7.10. The van der Waals surface area contributed by atoms with Crippen molar-refractivity contribution in [1.82, 2.24) is 4.90 Å². The van der Waals surface area contributed by atoms with Crippen LogP contribution in [-0.2, 0) is 4.74 Å². The Morgan fingerprint density at radius 1 is 1.00 bits per heavy atom. The molecule has 0 spiro atoms. The Bertz CT molecular complexity index is 747. The topological polar surface area (TPSA) is 117 Å². The van der Waals surface area contributed by atoms with Crippen molar-refractivity contribution in [3.05, 3.63) is 23.3 Å². The molecule has 1 fully saturated rings. The Morgan fingerprint density at radius 2 is 1.59 bits per heavy atom. The number of anilines is 1. The third-order valence-electron chi connectivity index (χ3n) is 4.05. The fourth-order valence-electron chi connectivity index (χ4n) is 2.81. The first-order chi connectivity index (χ1) is 12.5. The van der Waals surface area contributed by atoms with Crippen LogP contribution in [0.5, 0.6) is 5.75 Å². The van der Waals surface area contributed by atoms with Crippen molar-refractivity contribution >= 4 is 23.7 Å². The minimum Gasteiger partial charge on any atom is -0.496 e. The molecule has 1 heterocycles. The van der Waals surface area contributed by atoms with Crippen molar-refractivity contribution in [2.45, 2.75) is 26.4 Å². The first-order valence-corrected chi connectivity index (χ1v) is 8.45. The molecular formula is C18H24N2O7. The zero-order chi connectivity index (χ0) is 20.4. The highest BCUT2D eigenvalue weighted by Gasteiger charge is 2.28. The Kier molecular flexibility index (Phi) is 5.82. The lowest BCUT2D eigenvalue weighted by Crippen LogP contribution is -2.50. The maximum atomic E-state index is 12.1. The van der Waals surface area contributed by atoms with Gasteiger partial charge in [0.2, 0.25) is 0 Å². The fraction of sp³-hybridized carbons (Fsp3) is 0.500. The van der Waals surface area contributed by atoms with Crippen molar-refractivity contribution in [1.29, 1.82) is 0 Å². The van der Waals surface area contributed by atoms with Crippen LogP contribution in [0.1, 0.15) is 41.5 Å². The van der Waals surface area contributed by atoms with Gasteiger partial charge in [0.05, 0.1) is 12.7 Å². The number of hydrogen-bond acceptors (Lipinski definition) is 6. The molecule has 1 aliphatic rings. The van der Waals surface area contributed by atoms with Crippen LogP contribution in [0.2, 0.25) is 0 Å². The first-order valence-electron chi connectivity index (χ1n) is 8.45. The maximum absolute atomic E-state index is 12.1. The number of amides is 1. The van der Waals surface area contributed by atoms with Gasteiger partial charge in [0.15, 0.2) is 0 Å². The number of nitrogens with zero attached hydrogens (tertiary/aromatic N) is 2. The SMILES string of the molecule is COc1cc(N2CCN(C(=O)OC(C)(C)C)CC2)cc(C(=O)O)c1C(=O)O. The van der Waals surface area contributed by atoms with Gasteiger partial charge in [-0.05, 0) is 26.8 Å². The molecule has 27 heavy (non-hydrogen) atoms. The van der Waals surface area contributed by atoms with Crippen LogP contribution >= 0.6 is 0 Å². The van der Waals surface area contributed by atoms with Crippen LogP contribution in [0.4, 0.5) is 10.5 Å². The van der Waals surface area contributed by atoms with E-state index in [2.05, 4.69) is 0 Å². The van der Waals surface area contributed by atoms with Crippen LogP contribution in [0, 0.1) is 0 Å². The van der Waals surface area contributed by atoms with Crippen LogP contribution < -0.4 is 9.64 Å². The number of carbonyl (C=O) groups excluding carboxylic acids is 1. The summed E-state index contributed by atoms with van der Waals surface area (Å²) in [6, 6.07) is 2.82. The van der Waals surface area contributed by atoms with Crippen LogP contribution in [0.3, 0.4) is 0 Å². The Hall–Kier alpha value is -2.97. The van der Waals surface area contributed by atoms with Gasteiger partial charge in [0, 0.05) is 37.9 Å². The lowest BCUT2D eigenvalue weighted by atomic mass is 10.0. The molecular weight excluding hydrogens is 356 g/mol. The zero-order valence-corrected chi connectivity index (χ0v) is 15.8. The van der Waals surface area contributed by atoms with E-state index in [0.29, 0.717) is 31.9 Å². The second-order valence-electron chi connectivity index (χ2n) is 7.14. The maximum Gasteiger partial charge on any atom is 0.410 e. The summed E-state index contributed by atoms with van der Waals surface area (Å²) in [7, 11) is 1.29. The number of hydrogen-bond donors (Lipinski definition) is 2. The molecule has 1 aromatic carbocycles. The van der Waals surface area contributed by atoms with Gasteiger partial charge < -0.3 is 29.5 Å². The minimum atomic E-state index is -1.37. The van der Waals surface area contributed by atoms with Gasteiger partial charge in [-0.3, -0.25) is 0 Å². The number of piperazine rings is 1. The van der Waals surface area contributed by atoms with Gasteiger partial charge in [0.1, 0.15) is 16.9 Å². The van der Waals surface area contributed by atoms with Gasteiger partial charge >= 0.3 is 18.0 Å². The van der Waals surface area contributed by atoms with Crippen molar-refractivity contribution in [2.24, 2.45) is 0 Å². The second kappa shape index (κ2) is 7.73. The van der Waals surface area contributed by atoms with Crippen molar-refractivity contribution in [2.75, 3.05) is 38.2 Å². The zero-order valence-electron chi connectivity index (χ0n) is 15.8. The third kappa shape index (κ3) is 4.81. The number of ether oxygens (including phenoxy) is 2. The molecule has 0 aromatic heterocycles. The molecule has 148 valence electrons. The summed E-state index contributed by atoms with van der Waals surface area (Å²) in [5.41, 5.74) is -0.782. The summed E-state index contributed by atoms with van der Waals surface area (Å²) < 4.78 is 10.4. The Balaban J connectivity index is 2.21. The molecule has 1 aromatic rings. The monoisotopic (exact) mass is 380 g/mol. The number of methoxy groups -OCH3 is 1. The molecule has 0 unspecified atom stereocenters. The molecule has 0 atom stereocenters. The summed E-state index contributed by atoms with van der Waals surface area (Å²) in [5.74, 6) is -2.74. The highest BCUT2D eigenvalue weighted by molar-refractivity contribution is 6.04. The second-order valence-corrected chi connectivity index (χ2v) is 7.14. The van der Waals surface area contributed by atoms with E-state index in [1.54, 1.807) is 25.7 Å². The summed E-state index contributed by atoms with van der Waals surface area (Å²) >= 11 is 0. The quantitative estimate of drug-likeness (QED) is 0.816. The first kappa shape index (κ1) is 20.3. The van der Waals surface area contributed by atoms with Crippen molar-refractivity contribution in [3.8, 4) is 5.75 Å². The van der Waals surface area contributed by atoms with E-state index in [-0.39, 0.29) is 16.9 Å². The number of benzene rings is 1. The van der Waals surface area contributed by atoms with E-state index < -0.39 is 23.6 Å². The molecule has 2 rings (SSSR count). The van der Waals surface area contributed by atoms with Gasteiger partial charge in [-0.2, -0.15) is 0 Å². The molecule has 1 saturated heterocycles. The largest absolute Gasteiger partial charge is 0.496 e. The highest BCUT2D eigenvalue weighted by Crippen LogP contribution is 2.30. The van der Waals surface area contributed by atoms with Gasteiger partial charge in [-0.15, -0.1) is 0 Å². The van der Waals surface area contributed by atoms with Crippen LogP contribution in [0.25, 0.3) is 0 Å². The minimum absolute atomic E-state index is 0.0213. The highest BCUT2D eigenvalue weighted by atomic mass is 16.6. The number of aromatic carboxylic acids is 2. The number of rotatable bonds is 4. The number of carbonyl (C=O) groups is 3. The average Bonchev–Trinajstić information content (AvgIpc) is 2.58. The molecule has 0 saturated carbocycles. The fourth-order valence-corrected chi connectivity index (χ4v) is 2.81. The molecule has 1 amide bonds. The molecule has 2 N–H and O–H groups in total. The Morgan fingerprint density at radius 3 is 2.04 bits per heavy atom. The van der Waals surface area contributed by atoms with Gasteiger partial charge in [-0.25, -0.2) is 14.4 Å². The molecule has 0 aliphatic carbocycles. The Labute approximate surface area is 157 Å². The molecule has 0 bridgehead atoms. The average molecular weight is 380 g/mol. The standard InChI is InChI=1S/C18H24N2O7/c1-18(2,3)27-17(25)20-7-5-19(6-8-20)11-9-12(15(21)22)14(16(23)24)13(10-11)26-4/h9-10H,5-8H2,1-4H3,(H,21,22)(H,23,24). The van der Waals surface area contributed by atoms with Crippen molar-refractivity contribution in [3.63, 3.8) is 0 Å². The summed E-state index contributed by atoms with van der Waals surface area (Å²) in [4.78, 5) is 38.5. The van der Waals surface area contributed by atoms with Crippen LogP contribution in [-0.4, -0.2) is 72.0 Å². The lowest BCUT2D eigenvalue weighted by Gasteiger charge is -2.37. The van der Waals surface area contributed by atoms with Crippen molar-refractivity contribution < 1.29 is 34.1 Å². The molecule has 9 heteroatoms. The number of carboxylic acid groups (broad SMARTS) is 2. The molecule has 9 nitrogen and oxygen atoms in total. The van der Waals surface area contributed by atoms with E-state index >= 15 is 0 Å². The third-order valence-corrected chi connectivity index (χ3v) is 4.05. The predicted molar refractivity (Wildman–Crippen MR) is 96.9 cm³/mol. The van der Waals surface area contributed by atoms with Crippen LogP contribution in [0.15, 0.2) is 12.1 Å². The van der Waals surface area contributed by atoms with E-state index in [1.807, 2.05) is 4.90 Å². The van der Waals surface area contributed by atoms with Gasteiger partial charge in [0.25, 0.3) is 0 Å². The van der Waals surface area contributed by atoms with E-state index in [0.717, 1.165) is 0 Å². The summed E-state index contributed by atoms with van der Waals surface area (Å²) in [5, 5.41) is 18.7. The normalized spacial score (nSPS) is 14.7. The molecule has 1 aliphatic heterocycles. The number of carboxylic acids is 2. The van der Waals surface area contributed by atoms with E-state index in [9.17, 15) is 24.6 Å².